The molecule has 19 heteroatoms. The minimum atomic E-state index is -1.60. The Morgan fingerprint density at radius 1 is 0.524 bits per heavy atom. The third-order valence-electron chi connectivity index (χ3n) is 8.37. The summed E-state index contributed by atoms with van der Waals surface area (Å²) in [7, 11) is 0. The fourth-order valence-corrected chi connectivity index (χ4v) is 5.74. The molecule has 0 aromatic carbocycles. The second-order valence-corrected chi connectivity index (χ2v) is 11.2. The smallest absolute Gasteiger partial charge is 0.187 e. The van der Waals surface area contributed by atoms with Crippen molar-refractivity contribution in [3.8, 4) is 0 Å². The molecular formula is C23H46N6O13. The summed E-state index contributed by atoms with van der Waals surface area (Å²) < 4.78 is 34.6. The Kier molecular flexibility index (Phi) is 11.5. The zero-order valence-corrected chi connectivity index (χ0v) is 22.8. The first-order valence-electron chi connectivity index (χ1n) is 13.9. The van der Waals surface area contributed by atoms with Gasteiger partial charge in [-0.25, -0.2) is 0 Å². The van der Waals surface area contributed by atoms with Crippen LogP contribution in [0.1, 0.15) is 6.42 Å². The molecule has 0 bridgehead atoms. The number of aliphatic hydroxyl groups excluding tert-OH is 7. The van der Waals surface area contributed by atoms with Gasteiger partial charge >= 0.3 is 0 Å². The lowest BCUT2D eigenvalue weighted by Gasteiger charge is -2.47. The van der Waals surface area contributed by atoms with Crippen molar-refractivity contribution in [3.05, 3.63) is 0 Å². The third-order valence-corrected chi connectivity index (χ3v) is 8.37. The minimum absolute atomic E-state index is 0.0889. The van der Waals surface area contributed by atoms with Crippen LogP contribution in [-0.4, -0.2) is 172 Å². The Bertz CT molecular complexity index is 868. The van der Waals surface area contributed by atoms with Gasteiger partial charge in [-0.3, -0.25) is 0 Å². The largest absolute Gasteiger partial charge is 0.394 e. The van der Waals surface area contributed by atoms with Gasteiger partial charge in [-0.05, 0) is 6.42 Å². The van der Waals surface area contributed by atoms with E-state index in [4.69, 9.17) is 62.8 Å². The van der Waals surface area contributed by atoms with Gasteiger partial charge in [0.25, 0.3) is 0 Å². The first-order chi connectivity index (χ1) is 19.8. The van der Waals surface area contributed by atoms with Crippen molar-refractivity contribution in [2.75, 3.05) is 19.7 Å². The first-order valence-corrected chi connectivity index (χ1v) is 13.9. The van der Waals surface area contributed by atoms with E-state index in [2.05, 4.69) is 0 Å². The second kappa shape index (κ2) is 14.1. The number of hydrogen-bond donors (Lipinski definition) is 13. The van der Waals surface area contributed by atoms with E-state index in [9.17, 15) is 35.7 Å². The van der Waals surface area contributed by atoms with Crippen LogP contribution in [0.15, 0.2) is 0 Å². The molecule has 1 aliphatic carbocycles. The summed E-state index contributed by atoms with van der Waals surface area (Å²) in [5.74, 6) is 0. The molecule has 0 radical (unpaired) electrons. The van der Waals surface area contributed by atoms with Crippen LogP contribution in [-0.2, 0) is 28.4 Å². The molecule has 19 N–H and O–H groups in total. The predicted octanol–water partition coefficient (Wildman–Crippen LogP) is -8.90. The maximum Gasteiger partial charge on any atom is 0.187 e. The van der Waals surface area contributed by atoms with Crippen molar-refractivity contribution >= 4 is 0 Å². The highest BCUT2D eigenvalue weighted by Crippen LogP contribution is 2.34. The van der Waals surface area contributed by atoms with Gasteiger partial charge in [-0.2, -0.15) is 0 Å². The van der Waals surface area contributed by atoms with Crippen molar-refractivity contribution in [2.24, 2.45) is 34.4 Å². The number of hydrogen-bond acceptors (Lipinski definition) is 19. The third kappa shape index (κ3) is 6.60. The molecule has 3 heterocycles. The molecule has 3 aliphatic heterocycles. The van der Waals surface area contributed by atoms with E-state index in [1.165, 1.54) is 0 Å². The van der Waals surface area contributed by atoms with Crippen molar-refractivity contribution in [3.63, 3.8) is 0 Å². The monoisotopic (exact) mass is 614 g/mol. The Balaban J connectivity index is 1.50. The van der Waals surface area contributed by atoms with E-state index in [1.807, 2.05) is 0 Å². The van der Waals surface area contributed by atoms with Crippen LogP contribution in [0.5, 0.6) is 0 Å². The van der Waals surface area contributed by atoms with Gasteiger partial charge in [0.1, 0.15) is 67.1 Å². The average Bonchev–Trinajstić information content (AvgIpc) is 3.27. The quantitative estimate of drug-likeness (QED) is 0.115. The van der Waals surface area contributed by atoms with Gasteiger partial charge in [0, 0.05) is 25.2 Å². The predicted molar refractivity (Wildman–Crippen MR) is 138 cm³/mol. The van der Waals surface area contributed by atoms with Gasteiger partial charge in [-0.15, -0.1) is 0 Å². The van der Waals surface area contributed by atoms with E-state index in [0.29, 0.717) is 0 Å². The summed E-state index contributed by atoms with van der Waals surface area (Å²) in [5, 5.41) is 73.0. The number of ether oxygens (including phenoxy) is 6. The zero-order chi connectivity index (χ0) is 31.0. The maximum absolute atomic E-state index is 11.1. The van der Waals surface area contributed by atoms with E-state index < -0.39 is 123 Å². The van der Waals surface area contributed by atoms with Gasteiger partial charge in [0.15, 0.2) is 18.9 Å². The van der Waals surface area contributed by atoms with E-state index in [-0.39, 0.29) is 19.5 Å². The first kappa shape index (κ1) is 34.1. The fourth-order valence-electron chi connectivity index (χ4n) is 5.74. The molecule has 4 fully saturated rings. The lowest BCUT2D eigenvalue weighted by Crippen LogP contribution is -2.68. The standard InChI is InChI=1S/C23H46N6O13/c24-2-7-13(32)15(34)10(28)21(37-7)40-18-6(27)1-5(26)12(31)20(18)42-23-17(36)19(9(4-30)39-23)41-22-11(29)16(35)14(33)8(3-25)38-22/h5-23,30-36H,1-4,24-29H2/t5-,6-,7+,8-,9-,10+,11+,12-,13-,14-,15-,16-,17-,18-,19-,20?,21-,22-,23+/m1/s1. The summed E-state index contributed by atoms with van der Waals surface area (Å²) in [6.07, 6.45) is -19.8. The summed E-state index contributed by atoms with van der Waals surface area (Å²) in [5.41, 5.74) is 35.6. The Hall–Kier alpha value is -0.760. The van der Waals surface area contributed by atoms with Crippen LogP contribution in [0.2, 0.25) is 0 Å². The molecule has 19 nitrogen and oxygen atoms in total. The minimum Gasteiger partial charge on any atom is -0.394 e. The van der Waals surface area contributed by atoms with E-state index >= 15 is 0 Å². The highest BCUT2D eigenvalue weighted by atomic mass is 16.8. The van der Waals surface area contributed by atoms with Crippen LogP contribution in [0.3, 0.4) is 0 Å². The molecule has 4 aliphatic rings. The van der Waals surface area contributed by atoms with Crippen LogP contribution in [0, 0.1) is 0 Å². The van der Waals surface area contributed by atoms with Crippen LogP contribution in [0.25, 0.3) is 0 Å². The van der Waals surface area contributed by atoms with Gasteiger partial charge in [0.2, 0.25) is 0 Å². The van der Waals surface area contributed by atoms with Crippen LogP contribution >= 0.6 is 0 Å². The SMILES string of the molecule is NC[C@@H]1O[C@H](O[C@H]2C(O[C@@H]3O[C@H](CO)[C@@H](O[C@H]4O[C@H](CN)[C@@H](O)[C@H](O)[C@@H]4N)[C@H]3O)[C@H](O)[C@H](N)C[C@H]2N)[C@@H](N)[C@@H](O)[C@@H]1O. The zero-order valence-electron chi connectivity index (χ0n) is 22.8. The second-order valence-electron chi connectivity index (χ2n) is 11.2. The lowest BCUT2D eigenvalue weighted by atomic mass is 9.84. The number of nitrogens with two attached hydrogens (primary N) is 6. The average molecular weight is 615 g/mol. The molecule has 4 rings (SSSR count). The molecule has 19 atom stereocenters. The number of rotatable bonds is 9. The van der Waals surface area contributed by atoms with Crippen molar-refractivity contribution in [1.82, 2.24) is 0 Å². The summed E-state index contributed by atoms with van der Waals surface area (Å²) in [6.45, 7) is -0.967. The Morgan fingerprint density at radius 2 is 0.976 bits per heavy atom. The molecule has 0 amide bonds. The van der Waals surface area contributed by atoms with Crippen LogP contribution < -0.4 is 34.4 Å². The molecular weight excluding hydrogens is 568 g/mol. The van der Waals surface area contributed by atoms with E-state index in [1.54, 1.807) is 0 Å². The van der Waals surface area contributed by atoms with Gasteiger partial charge in [0.05, 0.1) is 24.8 Å². The fraction of sp³-hybridized carbons (Fsp3) is 1.00. The number of aliphatic hydroxyl groups is 7. The van der Waals surface area contributed by atoms with Crippen LogP contribution in [0.4, 0.5) is 0 Å². The topological polar surface area (TPSA) is 353 Å². The summed E-state index contributed by atoms with van der Waals surface area (Å²) >= 11 is 0. The highest BCUT2D eigenvalue weighted by Gasteiger charge is 2.54. The molecule has 1 saturated carbocycles. The lowest BCUT2D eigenvalue weighted by molar-refractivity contribution is -0.306. The molecule has 246 valence electrons. The van der Waals surface area contributed by atoms with E-state index in [0.717, 1.165) is 0 Å². The van der Waals surface area contributed by atoms with Crippen molar-refractivity contribution < 1.29 is 64.2 Å². The van der Waals surface area contributed by atoms with Gasteiger partial charge in [-0.1, -0.05) is 0 Å². The Morgan fingerprint density at radius 3 is 1.45 bits per heavy atom. The molecule has 42 heavy (non-hydrogen) atoms. The maximum atomic E-state index is 11.1. The molecule has 0 aromatic heterocycles. The summed E-state index contributed by atoms with van der Waals surface area (Å²) in [4.78, 5) is 0. The van der Waals surface area contributed by atoms with Crippen molar-refractivity contribution in [1.29, 1.82) is 0 Å². The van der Waals surface area contributed by atoms with Crippen molar-refractivity contribution in [2.45, 2.75) is 123 Å². The molecule has 3 saturated heterocycles. The Labute approximate surface area is 241 Å². The molecule has 0 aromatic rings. The normalized spacial score (nSPS) is 53.8. The van der Waals surface area contributed by atoms with Gasteiger partial charge < -0.3 is 98.6 Å². The molecule has 0 spiro atoms. The summed E-state index contributed by atoms with van der Waals surface area (Å²) in [6, 6.07) is -4.18. The highest BCUT2D eigenvalue weighted by molar-refractivity contribution is 5.02. The molecule has 1 unspecified atom stereocenters.